The second kappa shape index (κ2) is 4.63. The van der Waals surface area contributed by atoms with E-state index in [-0.39, 0.29) is 6.61 Å². The third-order valence-electron chi connectivity index (χ3n) is 2.44. The van der Waals surface area contributed by atoms with Crippen molar-refractivity contribution in [1.82, 2.24) is 4.98 Å². The molecule has 84 valence electrons. The summed E-state index contributed by atoms with van der Waals surface area (Å²) < 4.78 is 0. The number of hydrogen-bond donors (Lipinski definition) is 2. The van der Waals surface area contributed by atoms with Crippen molar-refractivity contribution in [2.45, 2.75) is 20.0 Å². The molecular weight excluding hydrogens is 220 g/mol. The van der Waals surface area contributed by atoms with E-state index in [1.165, 1.54) is 16.2 Å². The van der Waals surface area contributed by atoms with Gasteiger partial charge in [0.1, 0.15) is 0 Å². The van der Waals surface area contributed by atoms with Gasteiger partial charge in [-0.05, 0) is 12.0 Å². The Hall–Kier alpha value is -1.39. The molecule has 2 rings (SSSR count). The van der Waals surface area contributed by atoms with E-state index in [1.807, 2.05) is 24.3 Å². The normalized spacial score (nSPS) is 10.6. The molecular formula is C12H14N2OS. The number of nitrogens with two attached hydrogens (primary N) is 1. The Bertz CT molecular complexity index is 476. The van der Waals surface area contributed by atoms with Crippen LogP contribution in [0.3, 0.4) is 0 Å². The van der Waals surface area contributed by atoms with Crippen molar-refractivity contribution in [2.24, 2.45) is 0 Å². The molecule has 0 spiro atoms. The smallest absolute Gasteiger partial charge is 0.180 e. The van der Waals surface area contributed by atoms with Crippen LogP contribution >= 0.6 is 11.3 Å². The highest BCUT2D eigenvalue weighted by Crippen LogP contribution is 2.30. The Balaban J connectivity index is 2.41. The Labute approximate surface area is 98.6 Å². The summed E-state index contributed by atoms with van der Waals surface area (Å²) in [4.78, 5) is 5.54. The molecule has 0 saturated heterocycles. The van der Waals surface area contributed by atoms with Crippen molar-refractivity contribution in [2.75, 3.05) is 5.73 Å². The summed E-state index contributed by atoms with van der Waals surface area (Å²) in [6, 6.07) is 7.76. The van der Waals surface area contributed by atoms with E-state index in [1.54, 1.807) is 0 Å². The van der Waals surface area contributed by atoms with Crippen molar-refractivity contribution >= 4 is 16.5 Å². The molecule has 0 amide bonds. The van der Waals surface area contributed by atoms with Crippen LogP contribution in [0.5, 0.6) is 0 Å². The van der Waals surface area contributed by atoms with Gasteiger partial charge in [-0.3, -0.25) is 0 Å². The van der Waals surface area contributed by atoms with Crippen molar-refractivity contribution in [1.29, 1.82) is 0 Å². The second-order valence-corrected chi connectivity index (χ2v) is 4.65. The molecule has 0 aliphatic heterocycles. The largest absolute Gasteiger partial charge is 0.392 e. The van der Waals surface area contributed by atoms with E-state index < -0.39 is 0 Å². The van der Waals surface area contributed by atoms with Gasteiger partial charge < -0.3 is 10.8 Å². The lowest BCUT2D eigenvalue weighted by Gasteiger charge is -2.01. The highest BCUT2D eigenvalue weighted by atomic mass is 32.1. The molecule has 2 aromatic rings. The minimum Gasteiger partial charge on any atom is -0.392 e. The van der Waals surface area contributed by atoms with Crippen LogP contribution in [0.2, 0.25) is 0 Å². The molecule has 4 heteroatoms. The summed E-state index contributed by atoms with van der Waals surface area (Å²) in [6.45, 7) is 2.17. The zero-order chi connectivity index (χ0) is 11.5. The second-order valence-electron chi connectivity index (χ2n) is 3.53. The molecule has 0 aliphatic rings. The van der Waals surface area contributed by atoms with Crippen LogP contribution in [0.1, 0.15) is 17.4 Å². The van der Waals surface area contributed by atoms with Crippen molar-refractivity contribution in [3.05, 3.63) is 34.7 Å². The lowest BCUT2D eigenvalue weighted by molar-refractivity contribution is 0.282. The molecule has 0 fully saturated rings. The number of benzene rings is 1. The average Bonchev–Trinajstić information content (AvgIpc) is 2.70. The molecule has 0 unspecified atom stereocenters. The molecule has 1 heterocycles. The maximum Gasteiger partial charge on any atom is 0.180 e. The summed E-state index contributed by atoms with van der Waals surface area (Å²) in [5.74, 6) is 0. The lowest BCUT2D eigenvalue weighted by atomic mass is 10.1. The molecule has 16 heavy (non-hydrogen) atoms. The predicted octanol–water partition coefficient (Wildman–Crippen LogP) is 2.45. The van der Waals surface area contributed by atoms with Gasteiger partial charge in [0.05, 0.1) is 12.3 Å². The summed E-state index contributed by atoms with van der Waals surface area (Å²) in [6.07, 6.45) is 0.936. The summed E-state index contributed by atoms with van der Waals surface area (Å²) in [5, 5.41) is 9.58. The fraction of sp³-hybridized carbons (Fsp3) is 0.250. The van der Waals surface area contributed by atoms with Gasteiger partial charge in [-0.2, -0.15) is 0 Å². The standard InChI is InChI=1S/C12H14N2OS/c1-2-10-11(14-12(13)16-10)9-5-3-8(7-15)4-6-9/h3-6,15H,2,7H2,1H3,(H2,13,14). The molecule has 3 N–H and O–H groups in total. The molecule has 3 nitrogen and oxygen atoms in total. The minimum atomic E-state index is 0.0696. The van der Waals surface area contributed by atoms with Crippen LogP contribution in [-0.4, -0.2) is 10.1 Å². The highest BCUT2D eigenvalue weighted by molar-refractivity contribution is 7.15. The molecule has 1 aromatic heterocycles. The van der Waals surface area contributed by atoms with Crippen LogP contribution < -0.4 is 5.73 Å². The maximum absolute atomic E-state index is 8.97. The summed E-state index contributed by atoms with van der Waals surface area (Å²) in [5.41, 5.74) is 8.65. The van der Waals surface area contributed by atoms with Gasteiger partial charge in [-0.25, -0.2) is 4.98 Å². The Kier molecular flexibility index (Phi) is 3.22. The molecule has 0 saturated carbocycles. The third kappa shape index (κ3) is 2.08. The van der Waals surface area contributed by atoms with Crippen molar-refractivity contribution < 1.29 is 5.11 Å². The van der Waals surface area contributed by atoms with Gasteiger partial charge in [0.25, 0.3) is 0 Å². The zero-order valence-corrected chi connectivity index (χ0v) is 9.92. The monoisotopic (exact) mass is 234 g/mol. The number of hydrogen-bond acceptors (Lipinski definition) is 4. The van der Waals surface area contributed by atoms with Gasteiger partial charge in [0, 0.05) is 10.4 Å². The molecule has 0 atom stereocenters. The number of aliphatic hydroxyl groups is 1. The Morgan fingerprint density at radius 3 is 2.56 bits per heavy atom. The lowest BCUT2D eigenvalue weighted by Crippen LogP contribution is -1.87. The van der Waals surface area contributed by atoms with Crippen molar-refractivity contribution in [3.63, 3.8) is 0 Å². The van der Waals surface area contributed by atoms with Gasteiger partial charge in [0.2, 0.25) is 0 Å². The number of rotatable bonds is 3. The van der Waals surface area contributed by atoms with Crippen LogP contribution in [0.25, 0.3) is 11.3 Å². The minimum absolute atomic E-state index is 0.0696. The first-order valence-corrected chi connectivity index (χ1v) is 6.01. The van der Waals surface area contributed by atoms with Gasteiger partial charge in [-0.15, -0.1) is 11.3 Å². The number of aryl methyl sites for hydroxylation is 1. The van der Waals surface area contributed by atoms with Crippen LogP contribution in [0, 0.1) is 0 Å². The SMILES string of the molecule is CCc1sc(N)nc1-c1ccc(CO)cc1. The Morgan fingerprint density at radius 2 is 2.00 bits per heavy atom. The van der Waals surface area contributed by atoms with Crippen LogP contribution in [0.15, 0.2) is 24.3 Å². The van der Waals surface area contributed by atoms with Gasteiger partial charge in [-0.1, -0.05) is 31.2 Å². The van der Waals surface area contributed by atoms with E-state index >= 15 is 0 Å². The quantitative estimate of drug-likeness (QED) is 0.857. The van der Waals surface area contributed by atoms with E-state index in [4.69, 9.17) is 10.8 Å². The summed E-state index contributed by atoms with van der Waals surface area (Å²) >= 11 is 1.54. The average molecular weight is 234 g/mol. The van der Waals surface area contributed by atoms with E-state index in [9.17, 15) is 0 Å². The first kappa shape index (κ1) is 11.1. The Morgan fingerprint density at radius 1 is 1.31 bits per heavy atom. The van der Waals surface area contributed by atoms with E-state index in [0.717, 1.165) is 23.2 Å². The maximum atomic E-state index is 8.97. The van der Waals surface area contributed by atoms with E-state index in [0.29, 0.717) is 5.13 Å². The number of nitrogens with zero attached hydrogens (tertiary/aromatic N) is 1. The molecule has 0 aliphatic carbocycles. The predicted molar refractivity (Wildman–Crippen MR) is 67.3 cm³/mol. The topological polar surface area (TPSA) is 59.1 Å². The van der Waals surface area contributed by atoms with Crippen LogP contribution in [-0.2, 0) is 13.0 Å². The van der Waals surface area contributed by atoms with Gasteiger partial charge in [0.15, 0.2) is 5.13 Å². The zero-order valence-electron chi connectivity index (χ0n) is 9.10. The van der Waals surface area contributed by atoms with Gasteiger partial charge >= 0.3 is 0 Å². The number of thiazole rings is 1. The molecule has 0 bridgehead atoms. The highest BCUT2D eigenvalue weighted by Gasteiger charge is 2.09. The fourth-order valence-electron chi connectivity index (χ4n) is 1.60. The van der Waals surface area contributed by atoms with E-state index in [2.05, 4.69) is 11.9 Å². The number of nitrogen functional groups attached to an aromatic ring is 1. The molecule has 1 aromatic carbocycles. The molecule has 0 radical (unpaired) electrons. The number of aromatic nitrogens is 1. The third-order valence-corrected chi connectivity index (χ3v) is 3.47. The number of anilines is 1. The summed E-state index contributed by atoms with van der Waals surface area (Å²) in [7, 11) is 0. The fourth-order valence-corrected chi connectivity index (χ4v) is 2.40. The van der Waals surface area contributed by atoms with Crippen molar-refractivity contribution in [3.8, 4) is 11.3 Å². The first-order valence-electron chi connectivity index (χ1n) is 5.20. The number of aliphatic hydroxyl groups excluding tert-OH is 1. The van der Waals surface area contributed by atoms with Crippen LogP contribution in [0.4, 0.5) is 5.13 Å². The first-order chi connectivity index (χ1) is 7.74.